The summed E-state index contributed by atoms with van der Waals surface area (Å²) >= 11 is 5.27. The second kappa shape index (κ2) is 7.74. The van der Waals surface area contributed by atoms with Crippen molar-refractivity contribution in [2.45, 2.75) is 38.8 Å². The number of aromatic amines is 1. The highest BCUT2D eigenvalue weighted by atomic mass is 32.1. The van der Waals surface area contributed by atoms with Crippen LogP contribution < -0.4 is 20.3 Å². The fourth-order valence-electron chi connectivity index (χ4n) is 3.54. The number of nitrogens with zero attached hydrogens (tertiary/aromatic N) is 1. The van der Waals surface area contributed by atoms with Gasteiger partial charge in [-0.15, -0.1) is 0 Å². The lowest BCUT2D eigenvalue weighted by molar-refractivity contribution is 0.350. The summed E-state index contributed by atoms with van der Waals surface area (Å²) in [6, 6.07) is 3.28. The van der Waals surface area contributed by atoms with E-state index in [0.29, 0.717) is 18.0 Å². The Hall–Kier alpha value is -2.32. The van der Waals surface area contributed by atoms with Gasteiger partial charge in [-0.2, -0.15) is 0 Å². The first-order valence-corrected chi connectivity index (χ1v) is 9.39. The minimum absolute atomic E-state index is 0.0402. The van der Waals surface area contributed by atoms with E-state index in [-0.39, 0.29) is 22.3 Å². The number of hydrogen-bond acceptors (Lipinski definition) is 6. The van der Waals surface area contributed by atoms with Crippen LogP contribution in [0, 0.1) is 4.77 Å². The predicted molar refractivity (Wildman–Crippen MR) is 106 cm³/mol. The van der Waals surface area contributed by atoms with Crippen LogP contribution >= 0.6 is 12.2 Å². The summed E-state index contributed by atoms with van der Waals surface area (Å²) in [7, 11) is 3.17. The highest BCUT2D eigenvalue weighted by Crippen LogP contribution is 2.38. The minimum Gasteiger partial charge on any atom is -0.494 e. The molecule has 2 heterocycles. The number of nitrogens with one attached hydrogen (secondary N) is 2. The average Bonchev–Trinajstić information content (AvgIpc) is 2.66. The number of benzene rings is 1. The molecule has 7 nitrogen and oxygen atoms in total. The highest BCUT2D eigenvalue weighted by molar-refractivity contribution is 7.71. The fraction of sp³-hybridized carbons (Fsp3) is 0.474. The molecule has 0 unspecified atom stereocenters. The van der Waals surface area contributed by atoms with Gasteiger partial charge in [-0.3, -0.25) is 14.3 Å². The van der Waals surface area contributed by atoms with Crippen molar-refractivity contribution in [2.75, 3.05) is 20.8 Å². The van der Waals surface area contributed by atoms with Gasteiger partial charge in [0.05, 0.1) is 25.8 Å². The number of hydrogen-bond donors (Lipinski definition) is 3. The average molecular weight is 391 g/mol. The topological polar surface area (TPSA) is 88.5 Å². The summed E-state index contributed by atoms with van der Waals surface area (Å²) in [6.45, 7) is 4.63. The van der Waals surface area contributed by atoms with Gasteiger partial charge in [-0.05, 0) is 55.2 Å². The quantitative estimate of drug-likeness (QED) is 0.680. The maximum absolute atomic E-state index is 12.7. The molecule has 1 aromatic carbocycles. The van der Waals surface area contributed by atoms with Crippen LogP contribution in [0.4, 0.5) is 0 Å². The second-order valence-corrected chi connectivity index (χ2v) is 7.05. The van der Waals surface area contributed by atoms with Crippen LogP contribution in [0.3, 0.4) is 0 Å². The first kappa shape index (κ1) is 19.4. The first-order chi connectivity index (χ1) is 12.9. The van der Waals surface area contributed by atoms with Crippen molar-refractivity contribution in [1.29, 1.82) is 0 Å². The maximum Gasteiger partial charge on any atom is 0.260 e. The molecule has 27 heavy (non-hydrogen) atoms. The van der Waals surface area contributed by atoms with Gasteiger partial charge in [-0.25, -0.2) is 0 Å². The Balaban J connectivity index is 2.23. The molecule has 0 spiro atoms. The van der Waals surface area contributed by atoms with Crippen molar-refractivity contribution in [3.05, 3.63) is 43.9 Å². The molecule has 2 atom stereocenters. The molecule has 0 aliphatic carbocycles. The Morgan fingerprint density at radius 1 is 1.33 bits per heavy atom. The summed E-state index contributed by atoms with van der Waals surface area (Å²) < 4.78 is 12.6. The molecule has 0 saturated carbocycles. The van der Waals surface area contributed by atoms with Gasteiger partial charge >= 0.3 is 0 Å². The summed E-state index contributed by atoms with van der Waals surface area (Å²) in [5, 5.41) is 14.3. The van der Waals surface area contributed by atoms with Crippen LogP contribution in [-0.2, 0) is 6.42 Å². The van der Waals surface area contributed by atoms with Crippen molar-refractivity contribution in [3.63, 3.8) is 0 Å². The Kier molecular flexibility index (Phi) is 5.57. The molecule has 146 valence electrons. The number of fused-ring (bicyclic) bond motifs is 1. The molecule has 3 rings (SSSR count). The maximum atomic E-state index is 12.7. The van der Waals surface area contributed by atoms with Crippen LogP contribution in [-0.4, -0.2) is 35.4 Å². The predicted octanol–water partition coefficient (Wildman–Crippen LogP) is 2.83. The van der Waals surface area contributed by atoms with Gasteiger partial charge in [0.1, 0.15) is 0 Å². The lowest BCUT2D eigenvalue weighted by atomic mass is 9.90. The molecule has 1 aromatic heterocycles. The van der Waals surface area contributed by atoms with Crippen LogP contribution in [0.15, 0.2) is 16.9 Å². The van der Waals surface area contributed by atoms with Crippen molar-refractivity contribution in [3.8, 4) is 17.4 Å². The van der Waals surface area contributed by atoms with Gasteiger partial charge < -0.3 is 19.9 Å². The van der Waals surface area contributed by atoms with Gasteiger partial charge in [0.15, 0.2) is 16.3 Å². The van der Waals surface area contributed by atoms with E-state index in [2.05, 4.69) is 10.3 Å². The van der Waals surface area contributed by atoms with Crippen molar-refractivity contribution < 1.29 is 14.6 Å². The van der Waals surface area contributed by atoms with E-state index in [1.54, 1.807) is 18.8 Å². The van der Waals surface area contributed by atoms with E-state index in [4.69, 9.17) is 21.7 Å². The van der Waals surface area contributed by atoms with Crippen LogP contribution in [0.25, 0.3) is 0 Å². The number of rotatable bonds is 5. The summed E-state index contributed by atoms with van der Waals surface area (Å²) in [5.41, 5.74) is 1.80. The minimum atomic E-state index is -0.469. The van der Waals surface area contributed by atoms with E-state index >= 15 is 0 Å². The van der Waals surface area contributed by atoms with Gasteiger partial charge in [0.2, 0.25) is 5.88 Å². The monoisotopic (exact) mass is 391 g/mol. The van der Waals surface area contributed by atoms with E-state index in [9.17, 15) is 9.90 Å². The zero-order valence-electron chi connectivity index (χ0n) is 16.0. The summed E-state index contributed by atoms with van der Waals surface area (Å²) in [4.78, 5) is 15.4. The van der Waals surface area contributed by atoms with E-state index < -0.39 is 11.6 Å². The number of methoxy groups -OCH3 is 2. The Morgan fingerprint density at radius 3 is 2.63 bits per heavy atom. The zero-order chi connectivity index (χ0) is 19.7. The van der Waals surface area contributed by atoms with Gasteiger partial charge in [0, 0.05) is 12.6 Å². The molecule has 0 radical (unpaired) electrons. The van der Waals surface area contributed by atoms with Crippen molar-refractivity contribution in [1.82, 2.24) is 14.9 Å². The first-order valence-electron chi connectivity index (χ1n) is 8.98. The number of ether oxygens (including phenoxy) is 2. The summed E-state index contributed by atoms with van der Waals surface area (Å²) in [5.74, 6) is 1.12. The van der Waals surface area contributed by atoms with Crippen molar-refractivity contribution in [2.24, 2.45) is 0 Å². The molecular weight excluding hydrogens is 366 g/mol. The smallest absolute Gasteiger partial charge is 0.260 e. The van der Waals surface area contributed by atoms with Crippen LogP contribution in [0.2, 0.25) is 0 Å². The third-order valence-electron chi connectivity index (χ3n) is 5.17. The van der Waals surface area contributed by atoms with E-state index in [0.717, 1.165) is 24.0 Å². The van der Waals surface area contributed by atoms with Crippen LogP contribution in [0.1, 0.15) is 49.0 Å². The highest BCUT2D eigenvalue weighted by Gasteiger charge is 2.30. The zero-order valence-corrected chi connectivity index (χ0v) is 16.8. The van der Waals surface area contributed by atoms with Gasteiger partial charge in [-0.1, -0.05) is 6.92 Å². The van der Waals surface area contributed by atoms with E-state index in [1.807, 2.05) is 26.0 Å². The largest absolute Gasteiger partial charge is 0.494 e. The molecule has 3 N–H and O–H groups in total. The Bertz CT molecular complexity index is 967. The molecule has 2 aromatic rings. The number of aromatic hydroxyl groups is 1. The molecule has 0 amide bonds. The lowest BCUT2D eigenvalue weighted by Crippen LogP contribution is -2.35. The molecule has 8 heteroatoms. The third-order valence-corrected chi connectivity index (χ3v) is 5.47. The molecule has 1 aliphatic rings. The fourth-order valence-corrected chi connectivity index (χ4v) is 3.90. The second-order valence-electron chi connectivity index (χ2n) is 6.67. The number of H-pyrrole nitrogens is 1. The molecule has 0 bridgehead atoms. The Morgan fingerprint density at radius 2 is 2.00 bits per heavy atom. The lowest BCUT2D eigenvalue weighted by Gasteiger charge is -2.29. The van der Waals surface area contributed by atoms with Crippen molar-refractivity contribution >= 4 is 12.2 Å². The molecule has 1 aliphatic heterocycles. The third kappa shape index (κ3) is 3.35. The van der Waals surface area contributed by atoms with Crippen LogP contribution in [0.5, 0.6) is 17.4 Å². The molecule has 0 saturated heterocycles. The SMILES string of the molecule is CC[C@@H](C)n1c(O)c([C@H]2NCCc3cc(OC)c(OC)cc32)c(=O)[nH]c1=S. The van der Waals surface area contributed by atoms with Gasteiger partial charge in [0.25, 0.3) is 5.56 Å². The number of aromatic nitrogens is 2. The molecule has 0 fully saturated rings. The standard InChI is InChI=1S/C19H25N3O4S/c1-5-10(2)22-18(24)15(17(23)21-19(22)27)16-12-9-14(26-4)13(25-3)8-11(12)6-7-20-16/h8-10,16,20,24H,5-7H2,1-4H3,(H,21,23,27)/t10-,16+/m1/s1. The Labute approximate surface area is 163 Å². The van der Waals surface area contributed by atoms with E-state index in [1.165, 1.54) is 0 Å². The summed E-state index contributed by atoms with van der Waals surface area (Å²) in [6.07, 6.45) is 1.56. The normalized spacial score (nSPS) is 17.3. The molecular formula is C19H25N3O4S.